The van der Waals surface area contributed by atoms with Gasteiger partial charge in [-0.1, -0.05) is 6.92 Å². The Morgan fingerprint density at radius 2 is 2.50 bits per heavy atom. The number of nitrogens with one attached hydrogen (secondary N) is 1. The first-order chi connectivity index (χ1) is 6.85. The molecule has 1 fully saturated rings. The van der Waals surface area contributed by atoms with E-state index in [1.807, 2.05) is 11.8 Å². The summed E-state index contributed by atoms with van der Waals surface area (Å²) in [5, 5.41) is 0.612. The Kier molecular flexibility index (Phi) is 3.13. The predicted octanol–water partition coefficient (Wildman–Crippen LogP) is 2.00. The molecule has 0 aromatic carbocycles. The summed E-state index contributed by atoms with van der Waals surface area (Å²) in [6.07, 6.45) is 3.62. The predicted molar refractivity (Wildman–Crippen MR) is 60.3 cm³/mol. The lowest BCUT2D eigenvalue weighted by molar-refractivity contribution is 0.797. The Bertz CT molecular complexity index is 302. The highest BCUT2D eigenvalue weighted by Crippen LogP contribution is 2.40. The second kappa shape index (κ2) is 4.36. The standard InChI is InChI=1S/C10H17N3S/c1-2-7-10(8-4-3-5-14-8)13-9(6-11)12-7/h8H,2-6,11H2,1H3,(H,12,13). The quantitative estimate of drug-likeness (QED) is 0.804. The topological polar surface area (TPSA) is 54.7 Å². The van der Waals surface area contributed by atoms with Crippen molar-refractivity contribution in [3.63, 3.8) is 0 Å². The minimum absolute atomic E-state index is 0.518. The van der Waals surface area contributed by atoms with Crippen molar-refractivity contribution in [1.29, 1.82) is 0 Å². The molecule has 0 radical (unpaired) electrons. The number of aromatic amines is 1. The van der Waals surface area contributed by atoms with Crippen LogP contribution in [0.2, 0.25) is 0 Å². The van der Waals surface area contributed by atoms with Crippen LogP contribution < -0.4 is 5.73 Å². The van der Waals surface area contributed by atoms with Crippen LogP contribution >= 0.6 is 11.8 Å². The molecule has 0 bridgehead atoms. The van der Waals surface area contributed by atoms with Gasteiger partial charge in [0.25, 0.3) is 0 Å². The van der Waals surface area contributed by atoms with Gasteiger partial charge in [-0.15, -0.1) is 0 Å². The summed E-state index contributed by atoms with van der Waals surface area (Å²) in [6.45, 7) is 2.68. The summed E-state index contributed by atoms with van der Waals surface area (Å²) in [6, 6.07) is 0. The van der Waals surface area contributed by atoms with E-state index < -0.39 is 0 Å². The summed E-state index contributed by atoms with van der Waals surface area (Å²) in [7, 11) is 0. The molecule has 78 valence electrons. The van der Waals surface area contributed by atoms with Crippen molar-refractivity contribution in [2.75, 3.05) is 5.75 Å². The van der Waals surface area contributed by atoms with Crippen LogP contribution in [0, 0.1) is 0 Å². The molecular formula is C10H17N3S. The summed E-state index contributed by atoms with van der Waals surface area (Å²) >= 11 is 2.03. The number of rotatable bonds is 3. The lowest BCUT2D eigenvalue weighted by atomic mass is 10.1. The zero-order valence-corrected chi connectivity index (χ0v) is 9.36. The molecule has 2 heterocycles. The average molecular weight is 211 g/mol. The zero-order chi connectivity index (χ0) is 9.97. The van der Waals surface area contributed by atoms with Gasteiger partial charge in [-0.25, -0.2) is 4.98 Å². The molecule has 1 aromatic heterocycles. The molecule has 0 amide bonds. The number of thioether (sulfide) groups is 1. The van der Waals surface area contributed by atoms with Crippen molar-refractivity contribution in [3.05, 3.63) is 17.2 Å². The van der Waals surface area contributed by atoms with Gasteiger partial charge in [0.2, 0.25) is 0 Å². The van der Waals surface area contributed by atoms with Crippen LogP contribution in [-0.4, -0.2) is 15.7 Å². The van der Waals surface area contributed by atoms with Crippen LogP contribution in [0.4, 0.5) is 0 Å². The SMILES string of the molecule is CCc1[nH]c(CN)nc1C1CCCS1. The number of nitrogens with two attached hydrogens (primary N) is 1. The van der Waals surface area contributed by atoms with Crippen LogP contribution in [-0.2, 0) is 13.0 Å². The van der Waals surface area contributed by atoms with E-state index in [0.29, 0.717) is 11.8 Å². The van der Waals surface area contributed by atoms with Crippen LogP contribution in [0.25, 0.3) is 0 Å². The Balaban J connectivity index is 2.25. The minimum atomic E-state index is 0.518. The van der Waals surface area contributed by atoms with Gasteiger partial charge in [-0.2, -0.15) is 11.8 Å². The zero-order valence-electron chi connectivity index (χ0n) is 8.55. The minimum Gasteiger partial charge on any atom is -0.345 e. The van der Waals surface area contributed by atoms with E-state index in [9.17, 15) is 0 Å². The van der Waals surface area contributed by atoms with E-state index in [1.54, 1.807) is 0 Å². The number of H-pyrrole nitrogens is 1. The number of hydrogen-bond acceptors (Lipinski definition) is 3. The first-order valence-corrected chi connectivity index (χ1v) is 6.29. The fourth-order valence-electron chi connectivity index (χ4n) is 1.90. The third-order valence-electron chi connectivity index (χ3n) is 2.64. The van der Waals surface area contributed by atoms with E-state index in [2.05, 4.69) is 16.9 Å². The first kappa shape index (κ1) is 10.1. The fourth-order valence-corrected chi connectivity index (χ4v) is 3.21. The lowest BCUT2D eigenvalue weighted by Gasteiger charge is -2.06. The van der Waals surface area contributed by atoms with Crippen molar-refractivity contribution < 1.29 is 0 Å². The molecule has 0 spiro atoms. The van der Waals surface area contributed by atoms with Gasteiger partial charge in [0.15, 0.2) is 0 Å². The molecule has 1 unspecified atom stereocenters. The first-order valence-electron chi connectivity index (χ1n) is 5.24. The maximum atomic E-state index is 5.58. The van der Waals surface area contributed by atoms with E-state index in [4.69, 9.17) is 5.73 Å². The summed E-state index contributed by atoms with van der Waals surface area (Å²) < 4.78 is 0. The van der Waals surface area contributed by atoms with Gasteiger partial charge in [0.05, 0.1) is 12.2 Å². The molecular weight excluding hydrogens is 194 g/mol. The molecule has 2 rings (SSSR count). The van der Waals surface area contributed by atoms with Crippen molar-refractivity contribution >= 4 is 11.8 Å². The van der Waals surface area contributed by atoms with Gasteiger partial charge in [-0.3, -0.25) is 0 Å². The average Bonchev–Trinajstić information content (AvgIpc) is 2.85. The molecule has 1 atom stereocenters. The van der Waals surface area contributed by atoms with Crippen LogP contribution in [0.15, 0.2) is 0 Å². The largest absolute Gasteiger partial charge is 0.345 e. The third-order valence-corrected chi connectivity index (χ3v) is 4.03. The second-order valence-corrected chi connectivity index (χ2v) is 4.92. The Morgan fingerprint density at radius 1 is 1.64 bits per heavy atom. The van der Waals surface area contributed by atoms with Gasteiger partial charge >= 0.3 is 0 Å². The molecule has 0 saturated carbocycles. The summed E-state index contributed by atoms with van der Waals surface area (Å²) in [5.74, 6) is 2.21. The van der Waals surface area contributed by atoms with Crippen LogP contribution in [0.1, 0.15) is 42.2 Å². The smallest absolute Gasteiger partial charge is 0.120 e. The third kappa shape index (κ3) is 1.81. The van der Waals surface area contributed by atoms with Gasteiger partial charge in [0, 0.05) is 10.9 Å². The van der Waals surface area contributed by atoms with Crippen molar-refractivity contribution in [2.24, 2.45) is 5.73 Å². The van der Waals surface area contributed by atoms with Crippen molar-refractivity contribution in [2.45, 2.75) is 38.0 Å². The monoisotopic (exact) mass is 211 g/mol. The molecule has 1 aromatic rings. The Hall–Kier alpha value is -0.480. The van der Waals surface area contributed by atoms with E-state index in [-0.39, 0.29) is 0 Å². The van der Waals surface area contributed by atoms with Gasteiger partial charge in [0.1, 0.15) is 5.82 Å². The number of aryl methyl sites for hydroxylation is 1. The maximum absolute atomic E-state index is 5.58. The molecule has 14 heavy (non-hydrogen) atoms. The van der Waals surface area contributed by atoms with Crippen molar-refractivity contribution in [1.82, 2.24) is 9.97 Å². The Labute approximate surface area is 88.9 Å². The Morgan fingerprint density at radius 3 is 3.07 bits per heavy atom. The molecule has 1 saturated heterocycles. The molecule has 3 N–H and O–H groups in total. The van der Waals surface area contributed by atoms with Gasteiger partial charge < -0.3 is 10.7 Å². The highest BCUT2D eigenvalue weighted by Gasteiger charge is 2.23. The lowest BCUT2D eigenvalue weighted by Crippen LogP contribution is -1.98. The molecule has 4 heteroatoms. The molecule has 0 aliphatic carbocycles. The van der Waals surface area contributed by atoms with Crippen LogP contribution in [0.5, 0.6) is 0 Å². The summed E-state index contributed by atoms with van der Waals surface area (Å²) in [5.41, 5.74) is 8.13. The van der Waals surface area contributed by atoms with E-state index >= 15 is 0 Å². The van der Waals surface area contributed by atoms with Crippen LogP contribution in [0.3, 0.4) is 0 Å². The maximum Gasteiger partial charge on any atom is 0.120 e. The molecule has 1 aliphatic heterocycles. The number of nitrogens with zero attached hydrogens (tertiary/aromatic N) is 1. The number of imidazole rings is 1. The highest BCUT2D eigenvalue weighted by atomic mass is 32.2. The number of hydrogen-bond donors (Lipinski definition) is 2. The van der Waals surface area contributed by atoms with Gasteiger partial charge in [-0.05, 0) is 25.0 Å². The fraction of sp³-hybridized carbons (Fsp3) is 0.700. The summed E-state index contributed by atoms with van der Waals surface area (Å²) in [4.78, 5) is 7.89. The van der Waals surface area contributed by atoms with E-state index in [0.717, 1.165) is 12.2 Å². The highest BCUT2D eigenvalue weighted by molar-refractivity contribution is 7.99. The molecule has 3 nitrogen and oxygen atoms in total. The number of aromatic nitrogens is 2. The second-order valence-electron chi connectivity index (χ2n) is 3.61. The van der Waals surface area contributed by atoms with E-state index in [1.165, 1.54) is 30.0 Å². The van der Waals surface area contributed by atoms with Crippen molar-refractivity contribution in [3.8, 4) is 0 Å². The normalized spacial score (nSPS) is 21.7. The molecule has 1 aliphatic rings.